The largest absolute Gasteiger partial charge is 0.364 e. The minimum atomic E-state index is 0.170. The molecule has 2 N–H and O–H groups in total. The van der Waals surface area contributed by atoms with Gasteiger partial charge >= 0.3 is 0 Å². The maximum atomic E-state index is 4.21. The van der Waals surface area contributed by atoms with Gasteiger partial charge in [0.05, 0.1) is 11.8 Å². The lowest BCUT2D eigenvalue weighted by Gasteiger charge is -2.17. The SMILES string of the molecule is Cc1ccc(C(c2ccc[nH]2)c2ccc(C(c3ccncc3)c3ccc[nH]3)s2)cc1. The fraction of sp³-hybridized carbons (Fsp3) is 0.115. The highest BCUT2D eigenvalue weighted by Gasteiger charge is 2.24. The van der Waals surface area contributed by atoms with Gasteiger partial charge in [0.25, 0.3) is 0 Å². The zero-order chi connectivity index (χ0) is 20.3. The maximum Gasteiger partial charge on any atom is 0.0585 e. The average molecular weight is 410 g/mol. The van der Waals surface area contributed by atoms with Gasteiger partial charge in [0.15, 0.2) is 0 Å². The molecular weight excluding hydrogens is 386 g/mol. The molecule has 30 heavy (non-hydrogen) atoms. The highest BCUT2D eigenvalue weighted by Crippen LogP contribution is 2.40. The Morgan fingerprint density at radius 3 is 1.70 bits per heavy atom. The number of rotatable bonds is 6. The van der Waals surface area contributed by atoms with Gasteiger partial charge in [-0.25, -0.2) is 0 Å². The van der Waals surface area contributed by atoms with Crippen molar-refractivity contribution in [3.05, 3.63) is 135 Å². The van der Waals surface area contributed by atoms with Crippen LogP contribution in [-0.2, 0) is 0 Å². The Hall–Kier alpha value is -3.37. The molecule has 5 aromatic rings. The second-order valence-corrected chi connectivity index (χ2v) is 8.70. The molecule has 2 atom stereocenters. The van der Waals surface area contributed by atoms with Crippen molar-refractivity contribution in [1.82, 2.24) is 15.0 Å². The zero-order valence-corrected chi connectivity index (χ0v) is 17.6. The van der Waals surface area contributed by atoms with E-state index in [4.69, 9.17) is 0 Å². The molecule has 4 aromatic heterocycles. The van der Waals surface area contributed by atoms with Crippen molar-refractivity contribution in [2.45, 2.75) is 18.8 Å². The van der Waals surface area contributed by atoms with E-state index < -0.39 is 0 Å². The molecule has 0 amide bonds. The lowest BCUT2D eigenvalue weighted by molar-refractivity contribution is 0.950. The van der Waals surface area contributed by atoms with Crippen molar-refractivity contribution in [3.8, 4) is 0 Å². The average Bonchev–Trinajstić information content (AvgIpc) is 3.55. The Morgan fingerprint density at radius 2 is 1.20 bits per heavy atom. The number of aromatic amines is 2. The summed E-state index contributed by atoms with van der Waals surface area (Å²) in [6.45, 7) is 2.13. The molecule has 0 aliphatic carbocycles. The Kier molecular flexibility index (Phi) is 5.08. The van der Waals surface area contributed by atoms with E-state index in [1.54, 1.807) is 0 Å². The van der Waals surface area contributed by atoms with Gasteiger partial charge in [-0.15, -0.1) is 11.3 Å². The number of aryl methyl sites for hydroxylation is 1. The lowest BCUT2D eigenvalue weighted by atomic mass is 9.93. The summed E-state index contributed by atoms with van der Waals surface area (Å²) in [5, 5.41) is 0. The van der Waals surface area contributed by atoms with E-state index in [0.717, 1.165) is 0 Å². The second-order valence-electron chi connectivity index (χ2n) is 7.55. The van der Waals surface area contributed by atoms with Gasteiger partial charge in [-0.3, -0.25) is 4.98 Å². The van der Waals surface area contributed by atoms with Crippen LogP contribution in [0.5, 0.6) is 0 Å². The van der Waals surface area contributed by atoms with Crippen LogP contribution in [0.4, 0.5) is 0 Å². The van der Waals surface area contributed by atoms with E-state index in [2.05, 4.69) is 94.7 Å². The molecule has 0 spiro atoms. The molecule has 0 fully saturated rings. The third kappa shape index (κ3) is 3.62. The molecule has 4 heterocycles. The second kappa shape index (κ2) is 8.17. The lowest BCUT2D eigenvalue weighted by Crippen LogP contribution is -2.03. The van der Waals surface area contributed by atoms with E-state index >= 15 is 0 Å². The van der Waals surface area contributed by atoms with E-state index in [9.17, 15) is 0 Å². The summed E-state index contributed by atoms with van der Waals surface area (Å²) in [6.07, 6.45) is 7.73. The van der Waals surface area contributed by atoms with Crippen LogP contribution in [0, 0.1) is 6.92 Å². The van der Waals surface area contributed by atoms with Gasteiger partial charge in [0.1, 0.15) is 0 Å². The normalized spacial score (nSPS) is 13.2. The molecule has 0 bridgehead atoms. The van der Waals surface area contributed by atoms with Crippen LogP contribution in [0.3, 0.4) is 0 Å². The van der Waals surface area contributed by atoms with Gasteiger partial charge in [0.2, 0.25) is 0 Å². The summed E-state index contributed by atoms with van der Waals surface area (Å²) in [6, 6.07) is 26.1. The number of nitrogens with zero attached hydrogens (tertiary/aromatic N) is 1. The molecule has 4 heteroatoms. The predicted molar refractivity (Wildman–Crippen MR) is 123 cm³/mol. The van der Waals surface area contributed by atoms with Crippen molar-refractivity contribution in [3.63, 3.8) is 0 Å². The molecule has 0 aliphatic heterocycles. The van der Waals surface area contributed by atoms with Crippen molar-refractivity contribution in [1.29, 1.82) is 0 Å². The van der Waals surface area contributed by atoms with Gasteiger partial charge in [0, 0.05) is 45.9 Å². The predicted octanol–water partition coefficient (Wildman–Crippen LogP) is 6.47. The molecule has 2 unspecified atom stereocenters. The molecule has 0 radical (unpaired) electrons. The molecular formula is C26H23N3S. The van der Waals surface area contributed by atoms with E-state index in [1.165, 1.54) is 37.8 Å². The maximum absolute atomic E-state index is 4.21. The van der Waals surface area contributed by atoms with Crippen LogP contribution in [0.2, 0.25) is 0 Å². The van der Waals surface area contributed by atoms with Crippen molar-refractivity contribution >= 4 is 11.3 Å². The molecule has 0 aliphatic rings. The highest BCUT2D eigenvalue weighted by molar-refractivity contribution is 7.12. The first-order chi connectivity index (χ1) is 14.8. The summed E-state index contributed by atoms with van der Waals surface area (Å²) in [5.41, 5.74) is 6.23. The smallest absolute Gasteiger partial charge is 0.0585 e. The number of thiophene rings is 1. The Morgan fingerprint density at radius 1 is 0.667 bits per heavy atom. The zero-order valence-electron chi connectivity index (χ0n) is 16.7. The first-order valence-electron chi connectivity index (χ1n) is 10.1. The number of H-pyrrole nitrogens is 2. The van der Waals surface area contributed by atoms with E-state index in [-0.39, 0.29) is 11.8 Å². The number of aromatic nitrogens is 3. The summed E-state index contributed by atoms with van der Waals surface area (Å²) in [5.74, 6) is 0.366. The van der Waals surface area contributed by atoms with Gasteiger partial charge in [-0.1, -0.05) is 29.8 Å². The highest BCUT2D eigenvalue weighted by atomic mass is 32.1. The third-order valence-corrected chi connectivity index (χ3v) is 6.75. The Balaban J connectivity index is 1.59. The quantitative estimate of drug-likeness (QED) is 0.332. The van der Waals surface area contributed by atoms with Crippen LogP contribution >= 0.6 is 11.3 Å². The van der Waals surface area contributed by atoms with Crippen molar-refractivity contribution in [2.24, 2.45) is 0 Å². The molecule has 5 rings (SSSR count). The number of hydrogen-bond acceptors (Lipinski definition) is 2. The van der Waals surface area contributed by atoms with Gasteiger partial charge in [-0.2, -0.15) is 0 Å². The molecule has 1 aromatic carbocycles. The number of benzene rings is 1. The van der Waals surface area contributed by atoms with Crippen LogP contribution < -0.4 is 0 Å². The molecule has 0 saturated carbocycles. The first kappa shape index (κ1) is 18.6. The summed E-state index contributed by atoms with van der Waals surface area (Å²) < 4.78 is 0. The molecule has 3 nitrogen and oxygen atoms in total. The minimum absolute atomic E-state index is 0.170. The van der Waals surface area contributed by atoms with E-state index in [0.29, 0.717) is 0 Å². The van der Waals surface area contributed by atoms with Crippen LogP contribution in [0.1, 0.15) is 49.7 Å². The summed E-state index contributed by atoms with van der Waals surface area (Å²) in [7, 11) is 0. The molecule has 148 valence electrons. The van der Waals surface area contributed by atoms with Crippen LogP contribution in [0.15, 0.2) is 97.6 Å². The topological polar surface area (TPSA) is 44.5 Å². The number of hydrogen-bond donors (Lipinski definition) is 2. The van der Waals surface area contributed by atoms with Crippen molar-refractivity contribution in [2.75, 3.05) is 0 Å². The monoisotopic (exact) mass is 409 g/mol. The van der Waals surface area contributed by atoms with Gasteiger partial charge < -0.3 is 9.97 Å². The van der Waals surface area contributed by atoms with Crippen molar-refractivity contribution < 1.29 is 0 Å². The van der Waals surface area contributed by atoms with Gasteiger partial charge in [-0.05, 0) is 66.6 Å². The van der Waals surface area contributed by atoms with E-state index in [1.807, 2.05) is 36.1 Å². The first-order valence-corrected chi connectivity index (χ1v) is 10.9. The number of nitrogens with one attached hydrogen (secondary N) is 2. The Bertz CT molecular complexity index is 1190. The van der Waals surface area contributed by atoms with Crippen LogP contribution in [-0.4, -0.2) is 15.0 Å². The Labute approximate surface area is 180 Å². The third-order valence-electron chi connectivity index (χ3n) is 5.53. The van der Waals surface area contributed by atoms with Crippen LogP contribution in [0.25, 0.3) is 0 Å². The standard InChI is InChI=1S/C26H23N3S/c1-18-6-8-19(9-7-18)25(21-4-2-14-28-21)23-10-11-24(30-23)26(22-5-3-15-29-22)20-12-16-27-17-13-20/h2-17,25-26,28-29H,1H3. The fourth-order valence-corrected chi connectivity index (χ4v) is 5.34. The minimum Gasteiger partial charge on any atom is -0.364 e. The summed E-state index contributed by atoms with van der Waals surface area (Å²) in [4.78, 5) is 13.7. The number of pyridine rings is 1. The fourth-order valence-electron chi connectivity index (χ4n) is 4.04. The summed E-state index contributed by atoms with van der Waals surface area (Å²) >= 11 is 1.88. The molecule has 0 saturated heterocycles.